The Balaban J connectivity index is 0.00000176. The van der Waals surface area contributed by atoms with Crippen LogP contribution in [0.2, 0.25) is 0 Å². The lowest BCUT2D eigenvalue weighted by Gasteiger charge is -2.22. The molecule has 1 aliphatic rings. The van der Waals surface area contributed by atoms with Gasteiger partial charge in [-0.25, -0.2) is 14.4 Å². The van der Waals surface area contributed by atoms with Gasteiger partial charge in [-0.15, -0.1) is 12.8 Å². The second-order valence-corrected chi connectivity index (χ2v) is 8.87. The zero-order valence-corrected chi connectivity index (χ0v) is 21.4. The number of anilines is 1. The molecule has 1 heterocycles. The van der Waals surface area contributed by atoms with E-state index >= 15 is 0 Å². The second kappa shape index (κ2) is 12.7. The Labute approximate surface area is 214 Å². The molecule has 4 heteroatoms. The Morgan fingerprint density at radius 1 is 1.08 bits per heavy atom. The summed E-state index contributed by atoms with van der Waals surface area (Å²) in [5, 5.41) is 3.43. The van der Waals surface area contributed by atoms with E-state index in [-0.39, 0.29) is 5.82 Å². The number of terminal acetylenes is 1. The molecule has 0 saturated heterocycles. The van der Waals surface area contributed by atoms with Crippen LogP contribution in [0.4, 0.5) is 10.2 Å². The zero-order valence-electron chi connectivity index (χ0n) is 21.4. The number of benzene rings is 2. The van der Waals surface area contributed by atoms with Crippen LogP contribution in [-0.2, 0) is 25.7 Å². The van der Waals surface area contributed by atoms with Gasteiger partial charge >= 0.3 is 0 Å². The number of aryl methyl sites for hydroxylation is 4. The number of hydrogen-bond donors (Lipinski definition) is 1. The number of hydrogen-bond acceptors (Lipinski definition) is 3. The molecule has 0 amide bonds. The lowest BCUT2D eigenvalue weighted by Crippen LogP contribution is -2.14. The Morgan fingerprint density at radius 3 is 2.53 bits per heavy atom. The maximum absolute atomic E-state index is 13.3. The largest absolute Gasteiger partial charge is 0.343 e. The average Bonchev–Trinajstić information content (AvgIpc) is 2.88. The molecule has 1 aromatic heterocycles. The number of nitrogens with one attached hydrogen (secondary N) is 1. The maximum Gasteiger partial charge on any atom is 0.152 e. The van der Waals surface area contributed by atoms with Crippen molar-refractivity contribution >= 4 is 5.82 Å². The minimum Gasteiger partial charge on any atom is -0.343 e. The van der Waals surface area contributed by atoms with Crippen LogP contribution in [0.15, 0.2) is 78.5 Å². The van der Waals surface area contributed by atoms with E-state index in [2.05, 4.69) is 75.0 Å². The van der Waals surface area contributed by atoms with Gasteiger partial charge in [-0.3, -0.25) is 0 Å². The summed E-state index contributed by atoms with van der Waals surface area (Å²) in [5.74, 6) is 0.541. The highest BCUT2D eigenvalue weighted by molar-refractivity contribution is 5.70. The smallest absolute Gasteiger partial charge is 0.152 e. The highest BCUT2D eigenvalue weighted by atomic mass is 19.1. The quantitative estimate of drug-likeness (QED) is 0.268. The van der Waals surface area contributed by atoms with E-state index in [9.17, 15) is 4.39 Å². The third-order valence-corrected chi connectivity index (χ3v) is 6.22. The van der Waals surface area contributed by atoms with E-state index < -0.39 is 0 Å². The SMILES string of the molecule is C#C.C=C(Cc1ccc(F)cc1)Nc1nc2c(nc1CCC(/C=C\C)=C/C)-c1ccc(C)cc1CC2. The summed E-state index contributed by atoms with van der Waals surface area (Å²) in [6.45, 7) is 10.4. The highest BCUT2D eigenvalue weighted by Gasteiger charge is 2.22. The predicted molar refractivity (Wildman–Crippen MR) is 149 cm³/mol. The molecular formula is C32H34FN3. The second-order valence-electron chi connectivity index (χ2n) is 8.87. The van der Waals surface area contributed by atoms with Crippen LogP contribution in [-0.4, -0.2) is 9.97 Å². The summed E-state index contributed by atoms with van der Waals surface area (Å²) in [6, 6.07) is 13.1. The molecule has 1 aliphatic carbocycles. The Bertz CT molecular complexity index is 1300. The van der Waals surface area contributed by atoms with Gasteiger partial charge in [-0.2, -0.15) is 0 Å². The van der Waals surface area contributed by atoms with Crippen LogP contribution in [0.3, 0.4) is 0 Å². The van der Waals surface area contributed by atoms with Crippen molar-refractivity contribution in [2.75, 3.05) is 5.32 Å². The molecule has 36 heavy (non-hydrogen) atoms. The van der Waals surface area contributed by atoms with Crippen LogP contribution in [0, 0.1) is 25.6 Å². The topological polar surface area (TPSA) is 37.8 Å². The van der Waals surface area contributed by atoms with Gasteiger partial charge in [0.15, 0.2) is 5.82 Å². The van der Waals surface area contributed by atoms with E-state index in [0.717, 1.165) is 59.8 Å². The van der Waals surface area contributed by atoms with Crippen molar-refractivity contribution in [3.63, 3.8) is 0 Å². The fourth-order valence-electron chi connectivity index (χ4n) is 4.44. The number of rotatable bonds is 8. The van der Waals surface area contributed by atoms with E-state index in [4.69, 9.17) is 9.97 Å². The molecule has 0 radical (unpaired) electrons. The average molecular weight is 480 g/mol. The number of fused-ring (bicyclic) bond motifs is 3. The molecule has 0 spiro atoms. The van der Waals surface area contributed by atoms with E-state index in [1.54, 1.807) is 12.1 Å². The summed E-state index contributed by atoms with van der Waals surface area (Å²) < 4.78 is 13.3. The van der Waals surface area contributed by atoms with E-state index in [1.165, 1.54) is 34.4 Å². The lowest BCUT2D eigenvalue weighted by atomic mass is 9.90. The van der Waals surface area contributed by atoms with Crippen LogP contribution < -0.4 is 5.32 Å². The summed E-state index contributed by atoms with van der Waals surface area (Å²) in [5.41, 5.74) is 9.86. The van der Waals surface area contributed by atoms with Crippen LogP contribution >= 0.6 is 0 Å². The third kappa shape index (κ3) is 6.58. The van der Waals surface area contributed by atoms with Gasteiger partial charge in [0.2, 0.25) is 0 Å². The van der Waals surface area contributed by atoms with Crippen molar-refractivity contribution in [1.82, 2.24) is 9.97 Å². The van der Waals surface area contributed by atoms with Crippen LogP contribution in [0.25, 0.3) is 11.3 Å². The third-order valence-electron chi connectivity index (χ3n) is 6.22. The van der Waals surface area contributed by atoms with Crippen molar-refractivity contribution < 1.29 is 4.39 Å². The van der Waals surface area contributed by atoms with Gasteiger partial charge in [-0.05, 0) is 69.7 Å². The number of aromatic nitrogens is 2. The van der Waals surface area contributed by atoms with Gasteiger partial charge in [-0.1, -0.05) is 66.3 Å². The fraction of sp³-hybridized carbons (Fsp3) is 0.250. The predicted octanol–water partition coefficient (Wildman–Crippen LogP) is 7.56. The number of allylic oxidation sites excluding steroid dienone is 5. The van der Waals surface area contributed by atoms with Gasteiger partial charge in [0.25, 0.3) is 0 Å². The first-order valence-electron chi connectivity index (χ1n) is 12.3. The molecule has 0 aliphatic heterocycles. The molecule has 4 rings (SSSR count). The van der Waals surface area contributed by atoms with Crippen molar-refractivity contribution in [1.29, 1.82) is 0 Å². The molecule has 2 aromatic carbocycles. The lowest BCUT2D eigenvalue weighted by molar-refractivity contribution is 0.627. The summed E-state index contributed by atoms with van der Waals surface area (Å²) in [4.78, 5) is 10.2. The monoisotopic (exact) mass is 479 g/mol. The molecule has 1 N–H and O–H groups in total. The first-order chi connectivity index (χ1) is 17.5. The number of halogens is 1. The molecule has 0 unspecified atom stereocenters. The number of nitrogens with zero attached hydrogens (tertiary/aromatic N) is 2. The van der Waals surface area contributed by atoms with Crippen molar-refractivity contribution in [2.45, 2.75) is 52.9 Å². The van der Waals surface area contributed by atoms with Gasteiger partial charge in [0.05, 0.1) is 17.1 Å². The van der Waals surface area contributed by atoms with Crippen LogP contribution in [0.5, 0.6) is 0 Å². The van der Waals surface area contributed by atoms with Gasteiger partial charge < -0.3 is 5.32 Å². The molecule has 0 bridgehead atoms. The zero-order chi connectivity index (χ0) is 26.1. The Morgan fingerprint density at radius 2 is 1.83 bits per heavy atom. The standard InChI is InChI=1S/C30H32FN3.C2H2/c1-5-7-22(6-2)11-16-28-30(32-21(4)19-23-9-13-25(31)14-10-23)34-27-17-12-24-18-20(3)8-15-26(24)29(27)33-28;1-2/h5-10,13-15,18H,4,11-12,16-17,19H2,1-3H3,(H,32,34);1-2H/b7-5-,22-6+;. The minimum atomic E-state index is -0.235. The van der Waals surface area contributed by atoms with Crippen molar-refractivity contribution in [3.8, 4) is 24.1 Å². The molecule has 184 valence electrons. The molecule has 3 nitrogen and oxygen atoms in total. The molecule has 0 fully saturated rings. The van der Waals surface area contributed by atoms with Crippen molar-refractivity contribution in [2.24, 2.45) is 0 Å². The van der Waals surface area contributed by atoms with E-state index in [0.29, 0.717) is 6.42 Å². The van der Waals surface area contributed by atoms with Gasteiger partial charge in [0, 0.05) is 17.7 Å². The molecule has 3 aromatic rings. The first kappa shape index (κ1) is 26.6. The molecular weight excluding hydrogens is 445 g/mol. The summed E-state index contributed by atoms with van der Waals surface area (Å²) in [6.07, 6.45) is 18.4. The highest BCUT2D eigenvalue weighted by Crippen LogP contribution is 2.34. The Hall–Kier alpha value is -3.97. The van der Waals surface area contributed by atoms with Gasteiger partial charge in [0.1, 0.15) is 5.82 Å². The summed E-state index contributed by atoms with van der Waals surface area (Å²) >= 11 is 0. The Kier molecular flexibility index (Phi) is 9.36. The first-order valence-corrected chi connectivity index (χ1v) is 12.3. The molecule has 0 saturated carbocycles. The fourth-order valence-corrected chi connectivity index (χ4v) is 4.44. The van der Waals surface area contributed by atoms with Crippen molar-refractivity contribution in [3.05, 3.63) is 112 Å². The normalized spacial score (nSPS) is 12.3. The molecule has 0 atom stereocenters. The summed E-state index contributed by atoms with van der Waals surface area (Å²) in [7, 11) is 0. The van der Waals surface area contributed by atoms with E-state index in [1.807, 2.05) is 6.92 Å². The minimum absolute atomic E-state index is 0.235. The van der Waals surface area contributed by atoms with Crippen LogP contribution in [0.1, 0.15) is 48.3 Å². The maximum atomic E-state index is 13.3.